The SMILES string of the molecule is CCC(COC)Nc1c(F)c(F)cc(F)c1F. The molecule has 0 fully saturated rings. The van der Waals surface area contributed by atoms with E-state index in [2.05, 4.69) is 5.32 Å². The Morgan fingerprint density at radius 2 is 1.71 bits per heavy atom. The van der Waals surface area contributed by atoms with Gasteiger partial charge < -0.3 is 10.1 Å². The summed E-state index contributed by atoms with van der Waals surface area (Å²) >= 11 is 0. The van der Waals surface area contributed by atoms with Crippen LogP contribution in [0.3, 0.4) is 0 Å². The fourth-order valence-electron chi connectivity index (χ4n) is 1.37. The molecule has 0 saturated heterocycles. The lowest BCUT2D eigenvalue weighted by Crippen LogP contribution is -2.25. The Morgan fingerprint density at radius 1 is 1.18 bits per heavy atom. The summed E-state index contributed by atoms with van der Waals surface area (Å²) in [5.41, 5.74) is -0.800. The van der Waals surface area contributed by atoms with Crippen molar-refractivity contribution in [2.24, 2.45) is 0 Å². The van der Waals surface area contributed by atoms with Crippen molar-refractivity contribution in [3.05, 3.63) is 29.3 Å². The van der Waals surface area contributed by atoms with Crippen LogP contribution in [0, 0.1) is 23.3 Å². The number of halogens is 4. The van der Waals surface area contributed by atoms with Gasteiger partial charge in [-0.15, -0.1) is 0 Å². The smallest absolute Gasteiger partial charge is 0.185 e. The zero-order valence-electron chi connectivity index (χ0n) is 9.49. The molecule has 1 unspecified atom stereocenters. The molecule has 1 aromatic carbocycles. The van der Waals surface area contributed by atoms with Gasteiger partial charge in [-0.05, 0) is 6.42 Å². The number of nitrogens with one attached hydrogen (secondary N) is 1. The maximum absolute atomic E-state index is 13.3. The van der Waals surface area contributed by atoms with Crippen molar-refractivity contribution < 1.29 is 22.3 Å². The van der Waals surface area contributed by atoms with Gasteiger partial charge in [0.25, 0.3) is 0 Å². The van der Waals surface area contributed by atoms with E-state index < -0.39 is 35.0 Å². The summed E-state index contributed by atoms with van der Waals surface area (Å²) in [6.45, 7) is 1.93. The van der Waals surface area contributed by atoms with Crippen LogP contribution in [0.25, 0.3) is 0 Å². The third kappa shape index (κ3) is 3.09. The van der Waals surface area contributed by atoms with E-state index in [1.807, 2.05) is 0 Å². The van der Waals surface area contributed by atoms with Crippen molar-refractivity contribution in [3.63, 3.8) is 0 Å². The molecule has 0 aliphatic heterocycles. The summed E-state index contributed by atoms with van der Waals surface area (Å²) < 4.78 is 57.2. The average Bonchev–Trinajstić information content (AvgIpc) is 2.30. The van der Waals surface area contributed by atoms with Crippen LogP contribution in [0.2, 0.25) is 0 Å². The van der Waals surface area contributed by atoms with Gasteiger partial charge in [-0.3, -0.25) is 0 Å². The lowest BCUT2D eigenvalue weighted by molar-refractivity contribution is 0.184. The highest BCUT2D eigenvalue weighted by atomic mass is 19.2. The van der Waals surface area contributed by atoms with Gasteiger partial charge in [0, 0.05) is 19.2 Å². The van der Waals surface area contributed by atoms with Gasteiger partial charge in [0.15, 0.2) is 23.3 Å². The molecule has 6 heteroatoms. The highest BCUT2D eigenvalue weighted by Gasteiger charge is 2.20. The van der Waals surface area contributed by atoms with Gasteiger partial charge >= 0.3 is 0 Å². The maximum atomic E-state index is 13.3. The van der Waals surface area contributed by atoms with Gasteiger partial charge in [0.2, 0.25) is 0 Å². The Bertz CT molecular complexity index is 371. The number of hydrogen-bond donors (Lipinski definition) is 1. The molecule has 1 N–H and O–H groups in total. The Morgan fingerprint density at radius 3 is 2.12 bits per heavy atom. The quantitative estimate of drug-likeness (QED) is 0.641. The highest BCUT2D eigenvalue weighted by Crippen LogP contribution is 2.25. The van der Waals surface area contributed by atoms with Crippen molar-refractivity contribution in [1.82, 2.24) is 0 Å². The second-order valence-corrected chi connectivity index (χ2v) is 3.55. The lowest BCUT2D eigenvalue weighted by atomic mass is 10.2. The molecule has 0 saturated carbocycles. The van der Waals surface area contributed by atoms with Crippen LogP contribution >= 0.6 is 0 Å². The highest BCUT2D eigenvalue weighted by molar-refractivity contribution is 5.48. The summed E-state index contributed by atoms with van der Waals surface area (Å²) in [7, 11) is 1.42. The molecule has 1 atom stereocenters. The molecular weight excluding hydrogens is 238 g/mol. The zero-order chi connectivity index (χ0) is 13.0. The molecular formula is C11H13F4NO. The Labute approximate surface area is 96.6 Å². The summed E-state index contributed by atoms with van der Waals surface area (Å²) in [4.78, 5) is 0. The van der Waals surface area contributed by atoms with Crippen LogP contribution in [-0.2, 0) is 4.74 Å². The van der Waals surface area contributed by atoms with Crippen molar-refractivity contribution in [2.75, 3.05) is 19.0 Å². The van der Waals surface area contributed by atoms with Crippen LogP contribution in [0.4, 0.5) is 23.2 Å². The first-order valence-corrected chi connectivity index (χ1v) is 5.09. The molecule has 0 radical (unpaired) electrons. The molecule has 2 nitrogen and oxygen atoms in total. The Balaban J connectivity index is 3.04. The van der Waals surface area contributed by atoms with Crippen molar-refractivity contribution >= 4 is 5.69 Å². The predicted molar refractivity (Wildman–Crippen MR) is 55.9 cm³/mol. The van der Waals surface area contributed by atoms with Crippen LogP contribution < -0.4 is 5.32 Å². The third-order valence-electron chi connectivity index (χ3n) is 2.32. The number of methoxy groups -OCH3 is 1. The maximum Gasteiger partial charge on any atom is 0.185 e. The molecule has 0 bridgehead atoms. The first-order chi connectivity index (χ1) is 8.01. The Kier molecular flexibility index (Phi) is 4.74. The number of rotatable bonds is 5. The standard InChI is InChI=1S/C11H13F4NO/c1-3-6(5-17-2)16-11-9(14)7(12)4-8(13)10(11)15/h4,6,16H,3,5H2,1-2H3. The summed E-state index contributed by atoms with van der Waals surface area (Å²) in [5.74, 6) is -5.73. The van der Waals surface area contributed by atoms with Gasteiger partial charge in [-0.1, -0.05) is 6.92 Å². The summed E-state index contributed by atoms with van der Waals surface area (Å²) in [6, 6.07) is -0.252. The van der Waals surface area contributed by atoms with E-state index in [-0.39, 0.29) is 12.7 Å². The first kappa shape index (κ1) is 13.8. The molecule has 0 aliphatic rings. The fourth-order valence-corrected chi connectivity index (χ4v) is 1.37. The van der Waals surface area contributed by atoms with E-state index in [0.29, 0.717) is 6.42 Å². The molecule has 0 aliphatic carbocycles. The molecule has 1 aromatic rings. The number of benzene rings is 1. The van der Waals surface area contributed by atoms with Crippen molar-refractivity contribution in [1.29, 1.82) is 0 Å². The zero-order valence-corrected chi connectivity index (χ0v) is 9.49. The van der Waals surface area contributed by atoms with E-state index in [4.69, 9.17) is 4.74 Å². The molecule has 17 heavy (non-hydrogen) atoms. The monoisotopic (exact) mass is 251 g/mol. The van der Waals surface area contributed by atoms with E-state index >= 15 is 0 Å². The average molecular weight is 251 g/mol. The van der Waals surface area contributed by atoms with E-state index in [0.717, 1.165) is 0 Å². The van der Waals surface area contributed by atoms with Gasteiger partial charge in [0.05, 0.1) is 6.61 Å². The minimum atomic E-state index is -1.43. The van der Waals surface area contributed by atoms with Gasteiger partial charge in [-0.25, -0.2) is 17.6 Å². The Hall–Kier alpha value is -1.30. The van der Waals surface area contributed by atoms with Crippen LogP contribution in [0.15, 0.2) is 6.07 Å². The van der Waals surface area contributed by atoms with Gasteiger partial charge in [0.1, 0.15) is 5.69 Å². The fraction of sp³-hybridized carbons (Fsp3) is 0.455. The molecule has 0 aromatic heterocycles. The molecule has 0 amide bonds. The van der Waals surface area contributed by atoms with E-state index in [1.54, 1.807) is 6.92 Å². The third-order valence-corrected chi connectivity index (χ3v) is 2.32. The minimum Gasteiger partial charge on any atom is -0.383 e. The molecule has 1 rings (SSSR count). The predicted octanol–water partition coefficient (Wildman–Crippen LogP) is 3.08. The second kappa shape index (κ2) is 5.86. The van der Waals surface area contributed by atoms with Crippen LogP contribution in [-0.4, -0.2) is 19.8 Å². The van der Waals surface area contributed by atoms with Crippen LogP contribution in [0.5, 0.6) is 0 Å². The molecule has 0 heterocycles. The summed E-state index contributed by atoms with van der Waals surface area (Å²) in [6.07, 6.45) is 0.491. The molecule has 0 spiro atoms. The number of ether oxygens (including phenoxy) is 1. The van der Waals surface area contributed by atoms with Crippen molar-refractivity contribution in [2.45, 2.75) is 19.4 Å². The normalized spacial score (nSPS) is 12.6. The van der Waals surface area contributed by atoms with E-state index in [9.17, 15) is 17.6 Å². The largest absolute Gasteiger partial charge is 0.383 e. The van der Waals surface area contributed by atoms with Crippen LogP contribution in [0.1, 0.15) is 13.3 Å². The number of hydrogen-bond acceptors (Lipinski definition) is 2. The van der Waals surface area contributed by atoms with Crippen molar-refractivity contribution in [3.8, 4) is 0 Å². The second-order valence-electron chi connectivity index (χ2n) is 3.55. The lowest BCUT2D eigenvalue weighted by Gasteiger charge is -2.18. The minimum absolute atomic E-state index is 0.174. The topological polar surface area (TPSA) is 21.3 Å². The molecule has 96 valence electrons. The number of anilines is 1. The van der Waals surface area contributed by atoms with E-state index in [1.165, 1.54) is 7.11 Å². The van der Waals surface area contributed by atoms with Gasteiger partial charge in [-0.2, -0.15) is 0 Å². The summed E-state index contributed by atoms with van der Waals surface area (Å²) in [5, 5.41) is 2.39. The first-order valence-electron chi connectivity index (χ1n) is 5.09.